The van der Waals surface area contributed by atoms with Crippen molar-refractivity contribution in [3.05, 3.63) is 40.2 Å². The Bertz CT molecular complexity index is 788. The Balaban J connectivity index is 1.87. The van der Waals surface area contributed by atoms with Crippen molar-refractivity contribution in [2.24, 2.45) is 0 Å². The van der Waals surface area contributed by atoms with E-state index in [0.29, 0.717) is 11.3 Å². The molecule has 2 heterocycles. The molecule has 0 bridgehead atoms. The fourth-order valence-electron chi connectivity index (χ4n) is 2.68. The number of ether oxygens (including phenoxy) is 2. The summed E-state index contributed by atoms with van der Waals surface area (Å²) in [5.41, 5.74) is 0.688. The lowest BCUT2D eigenvalue weighted by Gasteiger charge is -2.40. The average molecular weight is 354 g/mol. The third-order valence-corrected chi connectivity index (χ3v) is 4.57. The van der Waals surface area contributed by atoms with Crippen LogP contribution >= 0.6 is 12.6 Å². The van der Waals surface area contributed by atoms with Gasteiger partial charge in [0.15, 0.2) is 0 Å². The molecule has 1 aromatic heterocycles. The zero-order valence-electron chi connectivity index (χ0n) is 12.8. The summed E-state index contributed by atoms with van der Waals surface area (Å²) in [4.78, 5) is 11.5. The van der Waals surface area contributed by atoms with Crippen molar-refractivity contribution >= 4 is 23.6 Å². The summed E-state index contributed by atoms with van der Waals surface area (Å²) >= 11 is 4.21. The van der Waals surface area contributed by atoms with Crippen molar-refractivity contribution in [1.82, 2.24) is 0 Å². The lowest BCUT2D eigenvalue weighted by atomic mass is 10.0. The first-order chi connectivity index (χ1) is 11.4. The molecule has 24 heavy (non-hydrogen) atoms. The zero-order chi connectivity index (χ0) is 17.4. The van der Waals surface area contributed by atoms with Crippen LogP contribution in [0.2, 0.25) is 0 Å². The van der Waals surface area contributed by atoms with Gasteiger partial charge in [0.1, 0.15) is 29.6 Å². The van der Waals surface area contributed by atoms with Gasteiger partial charge in [-0.3, -0.25) is 0 Å². The third kappa shape index (κ3) is 3.15. The van der Waals surface area contributed by atoms with E-state index in [2.05, 4.69) is 12.6 Å². The molecule has 0 amide bonds. The molecule has 8 heteroatoms. The van der Waals surface area contributed by atoms with Crippen LogP contribution in [0.3, 0.4) is 0 Å². The predicted molar refractivity (Wildman–Crippen MR) is 88.4 cm³/mol. The Kier molecular flexibility index (Phi) is 4.84. The molecular formula is C16H18O7S. The van der Waals surface area contributed by atoms with E-state index in [-0.39, 0.29) is 0 Å². The van der Waals surface area contributed by atoms with E-state index in [1.165, 1.54) is 6.07 Å². The van der Waals surface area contributed by atoms with Crippen LogP contribution in [0.5, 0.6) is 5.75 Å². The molecule has 0 saturated carbocycles. The molecule has 5 atom stereocenters. The van der Waals surface area contributed by atoms with E-state index in [1.54, 1.807) is 25.1 Å². The van der Waals surface area contributed by atoms with E-state index in [9.17, 15) is 20.1 Å². The number of hydrogen-bond acceptors (Lipinski definition) is 8. The number of hydrogen-bond donors (Lipinski definition) is 4. The summed E-state index contributed by atoms with van der Waals surface area (Å²) in [6.07, 6.45) is -4.44. The first-order valence-electron chi connectivity index (χ1n) is 7.42. The number of benzene rings is 1. The molecule has 1 fully saturated rings. The summed E-state index contributed by atoms with van der Waals surface area (Å²) in [5, 5.41) is 29.0. The Morgan fingerprint density at radius 3 is 2.71 bits per heavy atom. The van der Waals surface area contributed by atoms with Gasteiger partial charge in [0.25, 0.3) is 0 Å². The Morgan fingerprint density at radius 1 is 1.25 bits per heavy atom. The molecule has 1 aliphatic rings. The number of rotatable bonds is 3. The molecule has 130 valence electrons. The zero-order valence-corrected chi connectivity index (χ0v) is 13.7. The topological polar surface area (TPSA) is 109 Å². The summed E-state index contributed by atoms with van der Waals surface area (Å²) in [7, 11) is 0. The largest absolute Gasteiger partial charge is 0.463 e. The summed E-state index contributed by atoms with van der Waals surface area (Å²) in [5.74, 6) is 0.348. The number of aliphatic hydroxyl groups excluding tert-OH is 3. The van der Waals surface area contributed by atoms with Gasteiger partial charge in [-0.25, -0.2) is 4.79 Å². The second-order valence-electron chi connectivity index (χ2n) is 5.72. The summed E-state index contributed by atoms with van der Waals surface area (Å²) < 4.78 is 16.3. The van der Waals surface area contributed by atoms with Crippen LogP contribution in [0.25, 0.3) is 11.0 Å². The minimum Gasteiger partial charge on any atom is -0.463 e. The second kappa shape index (κ2) is 6.73. The van der Waals surface area contributed by atoms with Crippen molar-refractivity contribution in [2.75, 3.05) is 6.61 Å². The lowest BCUT2D eigenvalue weighted by molar-refractivity contribution is -0.225. The number of aliphatic hydroxyl groups is 3. The van der Waals surface area contributed by atoms with Crippen molar-refractivity contribution in [1.29, 1.82) is 0 Å². The monoisotopic (exact) mass is 354 g/mol. The van der Waals surface area contributed by atoms with Gasteiger partial charge < -0.3 is 29.2 Å². The van der Waals surface area contributed by atoms with Gasteiger partial charge in [-0.1, -0.05) is 0 Å². The Hall–Kier alpha value is -1.58. The first kappa shape index (κ1) is 17.2. The first-order valence-corrected chi connectivity index (χ1v) is 7.94. The van der Waals surface area contributed by atoms with E-state index in [1.807, 2.05) is 0 Å². The maximum absolute atomic E-state index is 11.5. The summed E-state index contributed by atoms with van der Waals surface area (Å²) in [6, 6.07) is 6.36. The quantitative estimate of drug-likeness (QED) is 0.461. The minimum atomic E-state index is -1.25. The van der Waals surface area contributed by atoms with Gasteiger partial charge in [-0.2, -0.15) is 12.6 Å². The molecule has 0 aliphatic carbocycles. The molecular weight excluding hydrogens is 336 g/mol. The van der Waals surface area contributed by atoms with Crippen LogP contribution in [0.4, 0.5) is 0 Å². The van der Waals surface area contributed by atoms with E-state index in [4.69, 9.17) is 13.9 Å². The molecule has 7 nitrogen and oxygen atoms in total. The SMILES string of the molecule is Cc1cc(=O)oc2cc(O[C@H]3O[C@H](CO)[C@@H](O)[C@H](O)[C@H]3S)ccc12. The molecule has 1 saturated heterocycles. The number of thiol groups is 1. The van der Waals surface area contributed by atoms with Gasteiger partial charge in [0.05, 0.1) is 11.9 Å². The Labute approximate surface area is 142 Å². The maximum Gasteiger partial charge on any atom is 0.336 e. The number of aryl methyl sites for hydroxylation is 1. The van der Waals surface area contributed by atoms with Crippen molar-refractivity contribution in [3.63, 3.8) is 0 Å². The fraction of sp³-hybridized carbons (Fsp3) is 0.438. The van der Waals surface area contributed by atoms with Crippen molar-refractivity contribution in [2.45, 2.75) is 36.8 Å². The van der Waals surface area contributed by atoms with E-state index in [0.717, 1.165) is 10.9 Å². The lowest BCUT2D eigenvalue weighted by Crippen LogP contribution is -2.58. The summed E-state index contributed by atoms with van der Waals surface area (Å²) in [6.45, 7) is 1.34. The smallest absolute Gasteiger partial charge is 0.336 e. The molecule has 0 radical (unpaired) electrons. The molecule has 1 aliphatic heterocycles. The van der Waals surface area contributed by atoms with Gasteiger partial charge in [-0.15, -0.1) is 0 Å². The molecule has 0 unspecified atom stereocenters. The van der Waals surface area contributed by atoms with Crippen LogP contribution in [-0.4, -0.2) is 51.8 Å². The highest BCUT2D eigenvalue weighted by atomic mass is 32.1. The normalized spacial score (nSPS) is 30.5. The molecule has 2 aromatic rings. The van der Waals surface area contributed by atoms with Crippen molar-refractivity contribution < 1.29 is 29.2 Å². The van der Waals surface area contributed by atoms with Gasteiger partial charge in [0, 0.05) is 17.5 Å². The van der Waals surface area contributed by atoms with Gasteiger partial charge in [0.2, 0.25) is 6.29 Å². The van der Waals surface area contributed by atoms with Gasteiger partial charge in [-0.05, 0) is 24.6 Å². The van der Waals surface area contributed by atoms with Crippen LogP contribution in [-0.2, 0) is 4.74 Å². The molecule has 3 N–H and O–H groups in total. The predicted octanol–water partition coefficient (Wildman–Crippen LogP) is 0.218. The molecule has 1 aromatic carbocycles. The Morgan fingerprint density at radius 2 is 2.00 bits per heavy atom. The fourth-order valence-corrected chi connectivity index (χ4v) is 2.98. The van der Waals surface area contributed by atoms with Crippen LogP contribution in [0.1, 0.15) is 5.56 Å². The molecule has 3 rings (SSSR count). The number of fused-ring (bicyclic) bond motifs is 1. The highest BCUT2D eigenvalue weighted by molar-refractivity contribution is 7.81. The third-order valence-electron chi connectivity index (χ3n) is 4.02. The van der Waals surface area contributed by atoms with E-state index < -0.39 is 42.1 Å². The van der Waals surface area contributed by atoms with Crippen LogP contribution < -0.4 is 10.4 Å². The van der Waals surface area contributed by atoms with E-state index >= 15 is 0 Å². The second-order valence-corrected chi connectivity index (χ2v) is 6.32. The minimum absolute atomic E-state index is 0.348. The highest BCUT2D eigenvalue weighted by Crippen LogP contribution is 2.29. The average Bonchev–Trinajstić information content (AvgIpc) is 2.55. The van der Waals surface area contributed by atoms with Crippen LogP contribution in [0.15, 0.2) is 33.5 Å². The standard InChI is InChI=1S/C16H18O7S/c1-7-4-12(18)22-10-5-8(2-3-9(7)10)21-16-15(24)14(20)13(19)11(6-17)23-16/h2-5,11,13-17,19-20,24H,6H2,1H3/t11-,13-,14+,15-,16+/m1/s1. The highest BCUT2D eigenvalue weighted by Gasteiger charge is 2.43. The maximum atomic E-state index is 11.5. The van der Waals surface area contributed by atoms with Crippen LogP contribution in [0, 0.1) is 6.92 Å². The van der Waals surface area contributed by atoms with Crippen molar-refractivity contribution in [3.8, 4) is 5.75 Å². The molecule has 0 spiro atoms. The van der Waals surface area contributed by atoms with Gasteiger partial charge >= 0.3 is 5.63 Å².